The van der Waals surface area contributed by atoms with Crippen molar-refractivity contribution in [2.45, 2.75) is 4.90 Å². The van der Waals surface area contributed by atoms with Gasteiger partial charge in [-0.25, -0.2) is 8.42 Å². The highest BCUT2D eigenvalue weighted by Gasteiger charge is 2.29. The highest BCUT2D eigenvalue weighted by molar-refractivity contribution is 7.92. The number of benzene rings is 3. The van der Waals surface area contributed by atoms with Crippen molar-refractivity contribution in [1.82, 2.24) is 0 Å². The molecule has 0 atom stereocenters. The average molecular weight is 550 g/mol. The van der Waals surface area contributed by atoms with Gasteiger partial charge in [0.05, 0.1) is 36.0 Å². The van der Waals surface area contributed by atoms with E-state index in [1.165, 1.54) is 16.4 Å². The number of nitrogens with two attached hydrogens (primary N) is 1. The van der Waals surface area contributed by atoms with Gasteiger partial charge in [0.25, 0.3) is 10.0 Å². The van der Waals surface area contributed by atoms with E-state index >= 15 is 0 Å². The van der Waals surface area contributed by atoms with Crippen LogP contribution >= 0.6 is 23.2 Å². The molecule has 0 aliphatic carbocycles. The maximum atomic E-state index is 13.8. The fraction of sp³-hybridized carbons (Fsp3) is 0.308. The number of ether oxygens (including phenoxy) is 1. The highest BCUT2D eigenvalue weighted by atomic mass is 35.5. The number of hydrogen-bond donors (Lipinski definition) is 1. The molecule has 0 radical (unpaired) electrons. The van der Waals surface area contributed by atoms with Crippen LogP contribution in [0.3, 0.4) is 0 Å². The zero-order chi connectivity index (χ0) is 25.5. The van der Waals surface area contributed by atoms with Gasteiger partial charge in [0, 0.05) is 48.5 Å². The number of nitrogens with zero attached hydrogens (tertiary/aromatic N) is 3. The molecule has 7 nitrogen and oxygen atoms in total. The molecule has 4 rings (SSSR count). The second-order valence-electron chi connectivity index (χ2n) is 8.37. The molecule has 10 heteroatoms. The van der Waals surface area contributed by atoms with Crippen molar-refractivity contribution in [3.05, 3.63) is 82.8 Å². The first-order valence-electron chi connectivity index (χ1n) is 11.8. The van der Waals surface area contributed by atoms with Crippen molar-refractivity contribution < 1.29 is 13.2 Å². The maximum Gasteiger partial charge on any atom is 0.264 e. The van der Waals surface area contributed by atoms with Gasteiger partial charge < -0.3 is 20.3 Å². The second kappa shape index (κ2) is 12.2. The van der Waals surface area contributed by atoms with Gasteiger partial charge in [-0.1, -0.05) is 35.3 Å². The van der Waals surface area contributed by atoms with E-state index in [9.17, 15) is 8.42 Å². The molecule has 0 amide bonds. The molecule has 0 aromatic heterocycles. The summed E-state index contributed by atoms with van der Waals surface area (Å²) in [6.45, 7) is 4.23. The first-order chi connectivity index (χ1) is 17.4. The Balaban J connectivity index is 1.60. The van der Waals surface area contributed by atoms with Crippen LogP contribution in [-0.4, -0.2) is 60.9 Å². The van der Waals surface area contributed by atoms with Crippen LogP contribution in [-0.2, 0) is 14.8 Å². The first-order valence-corrected chi connectivity index (χ1v) is 14.0. The summed E-state index contributed by atoms with van der Waals surface area (Å²) in [5.41, 5.74) is 8.14. The lowest BCUT2D eigenvalue weighted by Gasteiger charge is -2.39. The second-order valence-corrected chi connectivity index (χ2v) is 11.1. The summed E-state index contributed by atoms with van der Waals surface area (Å²) in [4.78, 5) is 4.71. The smallest absolute Gasteiger partial charge is 0.264 e. The summed E-state index contributed by atoms with van der Waals surface area (Å²) < 4.78 is 34.5. The molecule has 0 unspecified atom stereocenters. The molecule has 0 bridgehead atoms. The summed E-state index contributed by atoms with van der Waals surface area (Å²) in [7, 11) is -3.86. The van der Waals surface area contributed by atoms with Crippen LogP contribution in [0.5, 0.6) is 0 Å². The molecular formula is C26H30Cl2N4O3S. The van der Waals surface area contributed by atoms with Crippen LogP contribution < -0.4 is 19.8 Å². The lowest BCUT2D eigenvalue weighted by Crippen LogP contribution is -2.47. The average Bonchev–Trinajstić information content (AvgIpc) is 2.89. The van der Waals surface area contributed by atoms with E-state index in [0.717, 1.165) is 37.6 Å². The summed E-state index contributed by atoms with van der Waals surface area (Å²) in [5, 5.41) is 1.19. The number of halogens is 2. The van der Waals surface area contributed by atoms with E-state index in [1.54, 1.807) is 12.1 Å². The summed E-state index contributed by atoms with van der Waals surface area (Å²) in [5.74, 6) is 0. The van der Waals surface area contributed by atoms with Crippen molar-refractivity contribution in [1.29, 1.82) is 0 Å². The van der Waals surface area contributed by atoms with Crippen molar-refractivity contribution in [3.8, 4) is 0 Å². The van der Waals surface area contributed by atoms with Crippen LogP contribution in [0, 0.1) is 0 Å². The molecule has 36 heavy (non-hydrogen) atoms. The van der Waals surface area contributed by atoms with E-state index in [2.05, 4.69) is 9.80 Å². The van der Waals surface area contributed by atoms with E-state index in [4.69, 9.17) is 33.7 Å². The molecule has 0 spiro atoms. The molecule has 1 saturated heterocycles. The van der Waals surface area contributed by atoms with E-state index < -0.39 is 10.0 Å². The van der Waals surface area contributed by atoms with Crippen molar-refractivity contribution in [3.63, 3.8) is 0 Å². The standard InChI is InChI=1S/C26H30Cl2N4O3S/c27-21-5-9-23(10-6-21)30-14-16-31(17-15-30)25-3-1-2-4-26(25)32(18-20-35-19-13-29)36(33,34)24-11-7-22(28)8-12-24/h1-12H,13-20,29H2. The Morgan fingerprint density at radius 1 is 0.806 bits per heavy atom. The number of rotatable bonds is 10. The van der Waals surface area contributed by atoms with Gasteiger partial charge in [-0.2, -0.15) is 0 Å². The fourth-order valence-corrected chi connectivity index (χ4v) is 5.95. The number of para-hydroxylation sites is 2. The third-order valence-electron chi connectivity index (χ3n) is 6.07. The molecule has 3 aromatic rings. The van der Waals surface area contributed by atoms with Gasteiger partial charge >= 0.3 is 0 Å². The predicted molar refractivity (Wildman–Crippen MR) is 148 cm³/mol. The van der Waals surface area contributed by atoms with Crippen LogP contribution in [0.25, 0.3) is 0 Å². The Bertz CT molecular complexity index is 1230. The van der Waals surface area contributed by atoms with Crippen LogP contribution in [0.1, 0.15) is 0 Å². The Morgan fingerprint density at radius 3 is 2.03 bits per heavy atom. The molecule has 2 N–H and O–H groups in total. The van der Waals surface area contributed by atoms with E-state index in [0.29, 0.717) is 28.9 Å². The normalized spacial score (nSPS) is 14.2. The molecule has 1 heterocycles. The third-order valence-corrected chi connectivity index (χ3v) is 8.40. The van der Waals surface area contributed by atoms with Gasteiger partial charge in [0.2, 0.25) is 0 Å². The van der Waals surface area contributed by atoms with Gasteiger partial charge in [-0.05, 0) is 60.7 Å². The molecule has 1 fully saturated rings. The van der Waals surface area contributed by atoms with Crippen LogP contribution in [0.2, 0.25) is 10.0 Å². The monoisotopic (exact) mass is 548 g/mol. The topological polar surface area (TPSA) is 79.1 Å². The molecular weight excluding hydrogens is 519 g/mol. The SMILES string of the molecule is NCCOCCN(c1ccccc1N1CCN(c2ccc(Cl)cc2)CC1)S(=O)(=O)c1ccc(Cl)cc1. The minimum absolute atomic E-state index is 0.159. The minimum atomic E-state index is -3.86. The summed E-state index contributed by atoms with van der Waals surface area (Å²) in [6.07, 6.45) is 0. The number of piperazine rings is 1. The highest BCUT2D eigenvalue weighted by Crippen LogP contribution is 2.34. The third kappa shape index (κ3) is 6.25. The lowest BCUT2D eigenvalue weighted by molar-refractivity contribution is 0.149. The van der Waals surface area contributed by atoms with Gasteiger partial charge in [-0.15, -0.1) is 0 Å². The van der Waals surface area contributed by atoms with Crippen LogP contribution in [0.15, 0.2) is 77.7 Å². The van der Waals surface area contributed by atoms with Crippen molar-refractivity contribution >= 4 is 50.3 Å². The molecule has 1 aliphatic heterocycles. The Hall–Kier alpha value is -2.49. The number of hydrogen-bond acceptors (Lipinski definition) is 6. The lowest BCUT2D eigenvalue weighted by atomic mass is 10.2. The predicted octanol–water partition coefficient (Wildman–Crippen LogP) is 4.49. The van der Waals surface area contributed by atoms with Gasteiger partial charge in [0.1, 0.15) is 0 Å². The molecule has 192 valence electrons. The fourth-order valence-electron chi connectivity index (χ4n) is 4.24. The van der Waals surface area contributed by atoms with Crippen molar-refractivity contribution in [2.75, 3.05) is 66.6 Å². The van der Waals surface area contributed by atoms with Crippen molar-refractivity contribution in [2.24, 2.45) is 5.73 Å². The number of anilines is 3. The van der Waals surface area contributed by atoms with E-state index in [1.807, 2.05) is 48.5 Å². The minimum Gasteiger partial charge on any atom is -0.378 e. The first kappa shape index (κ1) is 26.6. The van der Waals surface area contributed by atoms with Gasteiger partial charge in [-0.3, -0.25) is 4.31 Å². The molecule has 3 aromatic carbocycles. The Morgan fingerprint density at radius 2 is 1.39 bits per heavy atom. The Kier molecular flexibility index (Phi) is 8.98. The van der Waals surface area contributed by atoms with Gasteiger partial charge in [0.15, 0.2) is 0 Å². The quantitative estimate of drug-likeness (QED) is 0.376. The summed E-state index contributed by atoms with van der Waals surface area (Å²) in [6, 6.07) is 21.7. The molecule has 1 aliphatic rings. The number of sulfonamides is 1. The van der Waals surface area contributed by atoms with Crippen LogP contribution in [0.4, 0.5) is 17.1 Å². The maximum absolute atomic E-state index is 13.8. The zero-order valence-corrected chi connectivity index (χ0v) is 22.2. The molecule has 0 saturated carbocycles. The summed E-state index contributed by atoms with van der Waals surface area (Å²) >= 11 is 12.1. The Labute approximate surface area is 223 Å². The van der Waals surface area contributed by atoms with E-state index in [-0.39, 0.29) is 18.0 Å². The largest absolute Gasteiger partial charge is 0.378 e. The zero-order valence-electron chi connectivity index (χ0n) is 19.9.